The summed E-state index contributed by atoms with van der Waals surface area (Å²) >= 11 is 0. The van der Waals surface area contributed by atoms with Crippen LogP contribution < -0.4 is 0 Å². The van der Waals surface area contributed by atoms with Crippen molar-refractivity contribution < 1.29 is 37.3 Å². The van der Waals surface area contributed by atoms with Crippen LogP contribution in [0.3, 0.4) is 0 Å². The Morgan fingerprint density at radius 2 is 0.967 bits per heavy atom. The molecule has 2 unspecified atom stereocenters. The van der Waals surface area contributed by atoms with E-state index < -0.39 is 13.9 Å². The number of hydrogen-bond donors (Lipinski definition) is 1. The van der Waals surface area contributed by atoms with E-state index in [-0.39, 0.29) is 25.8 Å². The number of carbonyl (C=O) groups excluding carboxylic acids is 1. The lowest BCUT2D eigenvalue weighted by Crippen LogP contribution is -2.37. The maximum Gasteiger partial charge on any atom is 0.472 e. The quantitative estimate of drug-likeness (QED) is 0.0214. The zero-order valence-corrected chi connectivity index (χ0v) is 40.3. The van der Waals surface area contributed by atoms with Crippen molar-refractivity contribution in [3.8, 4) is 0 Å². The maximum atomic E-state index is 12.7. The molecule has 9 heteroatoms. The van der Waals surface area contributed by atoms with Gasteiger partial charge < -0.3 is 18.9 Å². The van der Waals surface area contributed by atoms with Crippen molar-refractivity contribution in [1.29, 1.82) is 0 Å². The molecule has 0 spiro atoms. The van der Waals surface area contributed by atoms with Gasteiger partial charge in [0.1, 0.15) is 19.3 Å². The van der Waals surface area contributed by atoms with E-state index in [0.29, 0.717) is 24.1 Å². The fraction of sp³-hybridized carbons (Fsp3) is 0.745. The minimum atomic E-state index is -4.28. The Kier molecular flexibility index (Phi) is 42.1. The van der Waals surface area contributed by atoms with Gasteiger partial charge in [0, 0.05) is 13.0 Å². The number of unbranched alkanes of at least 4 members (excludes halogenated alkanes) is 18. The van der Waals surface area contributed by atoms with Gasteiger partial charge in [-0.05, 0) is 83.5 Å². The molecule has 60 heavy (non-hydrogen) atoms. The molecular weight excluding hydrogens is 770 g/mol. The molecule has 0 heterocycles. The smallest absolute Gasteiger partial charge is 0.457 e. The molecule has 2 atom stereocenters. The van der Waals surface area contributed by atoms with Gasteiger partial charge in [0.15, 0.2) is 0 Å². The molecular formula is C51H93NO7P+. The Balaban J connectivity index is 4.11. The van der Waals surface area contributed by atoms with E-state index in [2.05, 4.69) is 86.8 Å². The molecule has 0 saturated carbocycles. The standard InChI is InChI=1S/C51H92NO7P/c1-6-8-10-12-14-16-18-20-21-22-23-24-25-26-27-28-29-30-31-32-33-35-37-39-41-43-46-56-48-50(49-58-60(54,55)57-47-45-52(3,4)5)59-51(53)44-42-40-38-36-34-19-17-15-13-11-9-7-2/h8,10,14-17,20-21,23-24,26-27,50H,6-7,9,11-13,18-19,22,25,28-49H2,1-5H3/p+1/b10-8-,16-14-,17-15-,21-20-,24-23-,27-26-. The average molecular weight is 863 g/mol. The first-order valence-corrected chi connectivity index (χ1v) is 25.7. The molecule has 8 nitrogen and oxygen atoms in total. The number of hydrogen-bond acceptors (Lipinski definition) is 6. The molecule has 348 valence electrons. The average Bonchev–Trinajstić information content (AvgIpc) is 3.20. The number of ether oxygens (including phenoxy) is 2. The van der Waals surface area contributed by atoms with Gasteiger partial charge in [0.25, 0.3) is 0 Å². The lowest BCUT2D eigenvalue weighted by atomic mass is 10.1. The third-order valence-corrected chi connectivity index (χ3v) is 11.0. The third kappa shape index (κ3) is 47.0. The topological polar surface area (TPSA) is 91.3 Å². The molecule has 0 rings (SSSR count). The number of phosphoric ester groups is 1. The van der Waals surface area contributed by atoms with E-state index in [9.17, 15) is 14.3 Å². The van der Waals surface area contributed by atoms with E-state index >= 15 is 0 Å². The maximum absolute atomic E-state index is 12.7. The summed E-state index contributed by atoms with van der Waals surface area (Å²) in [6.45, 7) is 5.45. The lowest BCUT2D eigenvalue weighted by molar-refractivity contribution is -0.870. The molecule has 0 amide bonds. The number of phosphoric acid groups is 1. The number of rotatable bonds is 44. The van der Waals surface area contributed by atoms with Crippen LogP contribution in [0.2, 0.25) is 0 Å². The Bertz CT molecular complexity index is 1190. The number of carbonyl (C=O) groups is 1. The second-order valence-corrected chi connectivity index (χ2v) is 18.6. The summed E-state index contributed by atoms with van der Waals surface area (Å²) in [6, 6.07) is 0. The summed E-state index contributed by atoms with van der Waals surface area (Å²) < 4.78 is 35.0. The second kappa shape index (κ2) is 43.6. The van der Waals surface area contributed by atoms with Crippen LogP contribution in [-0.4, -0.2) is 75.6 Å². The minimum absolute atomic E-state index is 0.0832. The summed E-state index contributed by atoms with van der Waals surface area (Å²) in [4.78, 5) is 22.9. The summed E-state index contributed by atoms with van der Waals surface area (Å²) in [5.74, 6) is -0.328. The van der Waals surface area contributed by atoms with Gasteiger partial charge in [0.2, 0.25) is 0 Å². The summed E-state index contributed by atoms with van der Waals surface area (Å²) in [7, 11) is 1.65. The fourth-order valence-corrected chi connectivity index (χ4v) is 7.02. The molecule has 0 aromatic carbocycles. The summed E-state index contributed by atoms with van der Waals surface area (Å²) in [6.07, 6.45) is 56.6. The number of quaternary nitrogens is 1. The van der Waals surface area contributed by atoms with E-state index in [0.717, 1.165) is 77.0 Å². The van der Waals surface area contributed by atoms with Crippen molar-refractivity contribution in [2.24, 2.45) is 0 Å². The first kappa shape index (κ1) is 57.9. The van der Waals surface area contributed by atoms with E-state index in [1.54, 1.807) is 0 Å². The molecule has 0 radical (unpaired) electrons. The molecule has 0 fully saturated rings. The zero-order valence-electron chi connectivity index (χ0n) is 39.4. The summed E-state index contributed by atoms with van der Waals surface area (Å²) in [5, 5.41) is 0. The molecule has 0 aliphatic carbocycles. The van der Waals surface area contributed by atoms with Crippen LogP contribution >= 0.6 is 7.82 Å². The first-order chi connectivity index (χ1) is 29.1. The first-order valence-electron chi connectivity index (χ1n) is 24.2. The van der Waals surface area contributed by atoms with Gasteiger partial charge in [-0.2, -0.15) is 0 Å². The third-order valence-electron chi connectivity index (χ3n) is 10.0. The van der Waals surface area contributed by atoms with Crippen LogP contribution in [0.4, 0.5) is 0 Å². The normalized spacial score (nSPS) is 14.3. The van der Waals surface area contributed by atoms with Crippen LogP contribution in [0.1, 0.15) is 187 Å². The van der Waals surface area contributed by atoms with Crippen molar-refractivity contribution >= 4 is 13.8 Å². The van der Waals surface area contributed by atoms with E-state index in [1.807, 2.05) is 21.1 Å². The van der Waals surface area contributed by atoms with Gasteiger partial charge in [-0.25, -0.2) is 4.57 Å². The van der Waals surface area contributed by atoms with Crippen molar-refractivity contribution in [3.63, 3.8) is 0 Å². The van der Waals surface area contributed by atoms with Crippen LogP contribution in [-0.2, 0) is 27.9 Å². The molecule has 0 aliphatic heterocycles. The molecule has 1 N–H and O–H groups in total. The van der Waals surface area contributed by atoms with E-state index in [1.165, 1.54) is 89.9 Å². The van der Waals surface area contributed by atoms with Crippen LogP contribution in [0.5, 0.6) is 0 Å². The second-order valence-electron chi connectivity index (χ2n) is 17.1. The van der Waals surface area contributed by atoms with Gasteiger partial charge in [0.05, 0.1) is 34.4 Å². The number of likely N-dealkylation sites (N-methyl/N-ethyl adjacent to an activating group) is 1. The minimum Gasteiger partial charge on any atom is -0.457 e. The van der Waals surface area contributed by atoms with Crippen molar-refractivity contribution in [2.75, 3.05) is 54.1 Å². The van der Waals surface area contributed by atoms with Crippen molar-refractivity contribution in [1.82, 2.24) is 0 Å². The lowest BCUT2D eigenvalue weighted by Gasteiger charge is -2.24. The number of esters is 1. The van der Waals surface area contributed by atoms with Crippen molar-refractivity contribution in [2.45, 2.75) is 193 Å². The van der Waals surface area contributed by atoms with Crippen LogP contribution in [0, 0.1) is 0 Å². The van der Waals surface area contributed by atoms with Crippen molar-refractivity contribution in [3.05, 3.63) is 72.9 Å². The zero-order chi connectivity index (χ0) is 44.1. The molecule has 0 saturated heterocycles. The Labute approximate surface area is 370 Å². The molecule has 0 aromatic rings. The van der Waals surface area contributed by atoms with Gasteiger partial charge >= 0.3 is 13.8 Å². The van der Waals surface area contributed by atoms with Crippen LogP contribution in [0.25, 0.3) is 0 Å². The highest BCUT2D eigenvalue weighted by Gasteiger charge is 2.26. The summed E-state index contributed by atoms with van der Waals surface area (Å²) in [5.41, 5.74) is 0. The van der Waals surface area contributed by atoms with Gasteiger partial charge in [-0.1, -0.05) is 170 Å². The Hall–Kier alpha value is -2.06. The number of nitrogens with zero attached hydrogens (tertiary/aromatic N) is 1. The Morgan fingerprint density at radius 1 is 0.533 bits per heavy atom. The Morgan fingerprint density at radius 3 is 1.47 bits per heavy atom. The highest BCUT2D eigenvalue weighted by Crippen LogP contribution is 2.43. The molecule has 0 aliphatic rings. The predicted molar refractivity (Wildman–Crippen MR) is 256 cm³/mol. The predicted octanol–water partition coefficient (Wildman–Crippen LogP) is 14.7. The highest BCUT2D eigenvalue weighted by atomic mass is 31.2. The number of allylic oxidation sites excluding steroid dienone is 12. The largest absolute Gasteiger partial charge is 0.472 e. The van der Waals surface area contributed by atoms with Gasteiger partial charge in [-0.3, -0.25) is 13.8 Å². The van der Waals surface area contributed by atoms with E-state index in [4.69, 9.17) is 18.5 Å². The SMILES string of the molecule is CC/C=C\C/C=C\C/C=C\C/C=C\C/C=C\CCCCCCCCCCCCOCC(COP(=O)(O)OCC[N+](C)(C)C)OC(=O)CCCCCCC/C=C\CCCCC. The molecule has 0 aromatic heterocycles. The highest BCUT2D eigenvalue weighted by molar-refractivity contribution is 7.47. The monoisotopic (exact) mass is 863 g/mol. The fourth-order valence-electron chi connectivity index (χ4n) is 6.28. The van der Waals surface area contributed by atoms with Crippen LogP contribution in [0.15, 0.2) is 72.9 Å². The molecule has 0 bridgehead atoms. The van der Waals surface area contributed by atoms with Gasteiger partial charge in [-0.15, -0.1) is 0 Å².